The van der Waals surface area contributed by atoms with E-state index in [9.17, 15) is 0 Å². The van der Waals surface area contributed by atoms with Crippen LogP contribution in [0.2, 0.25) is 5.02 Å². The summed E-state index contributed by atoms with van der Waals surface area (Å²) in [7, 11) is 1.64. The largest absolute Gasteiger partial charge is 0.497 e. The van der Waals surface area contributed by atoms with Crippen molar-refractivity contribution in [3.63, 3.8) is 0 Å². The molecular formula is C13H12ClN3OS. The number of anilines is 1. The molecule has 0 bridgehead atoms. The Bertz CT molecular complexity index is 678. The molecule has 0 radical (unpaired) electrons. The Morgan fingerprint density at radius 1 is 1.47 bits per heavy atom. The van der Waals surface area contributed by atoms with Crippen LogP contribution in [0.15, 0.2) is 36.0 Å². The van der Waals surface area contributed by atoms with Crippen molar-refractivity contribution in [2.45, 2.75) is 6.54 Å². The van der Waals surface area contributed by atoms with Crippen LogP contribution in [-0.2, 0) is 6.54 Å². The summed E-state index contributed by atoms with van der Waals surface area (Å²) in [5.41, 5.74) is 1.82. The Balaban J connectivity index is 1.76. The summed E-state index contributed by atoms with van der Waals surface area (Å²) in [6, 6.07) is 5.52. The molecule has 3 rings (SSSR count). The molecule has 0 aliphatic carbocycles. The molecule has 0 amide bonds. The van der Waals surface area contributed by atoms with Crippen LogP contribution in [-0.4, -0.2) is 16.5 Å². The predicted octanol–water partition coefficient (Wildman–Crippen LogP) is 3.67. The topological polar surface area (TPSA) is 38.6 Å². The van der Waals surface area contributed by atoms with Gasteiger partial charge in [-0.05, 0) is 12.1 Å². The Morgan fingerprint density at radius 3 is 3.16 bits per heavy atom. The molecule has 98 valence electrons. The zero-order valence-corrected chi connectivity index (χ0v) is 11.8. The van der Waals surface area contributed by atoms with Crippen LogP contribution in [0.5, 0.6) is 5.75 Å². The van der Waals surface area contributed by atoms with Crippen LogP contribution in [0.25, 0.3) is 4.96 Å². The first-order valence-electron chi connectivity index (χ1n) is 5.75. The van der Waals surface area contributed by atoms with Crippen molar-refractivity contribution in [1.82, 2.24) is 9.38 Å². The molecule has 0 saturated carbocycles. The second-order valence-corrected chi connectivity index (χ2v) is 5.30. The van der Waals surface area contributed by atoms with Gasteiger partial charge in [-0.3, -0.25) is 4.40 Å². The molecule has 1 N–H and O–H groups in total. The van der Waals surface area contributed by atoms with Crippen molar-refractivity contribution >= 4 is 33.6 Å². The SMILES string of the molecule is COc1ccc(Cl)c(NCc2cn3ccsc3n2)c1. The van der Waals surface area contributed by atoms with Crippen LogP contribution in [0.3, 0.4) is 0 Å². The fraction of sp³-hybridized carbons (Fsp3) is 0.154. The third-order valence-electron chi connectivity index (χ3n) is 2.78. The van der Waals surface area contributed by atoms with Gasteiger partial charge in [-0.2, -0.15) is 0 Å². The average molecular weight is 294 g/mol. The maximum atomic E-state index is 6.14. The molecule has 0 saturated heterocycles. The summed E-state index contributed by atoms with van der Waals surface area (Å²) < 4.78 is 7.19. The maximum absolute atomic E-state index is 6.14. The monoisotopic (exact) mass is 293 g/mol. The fourth-order valence-corrected chi connectivity index (χ4v) is 2.72. The van der Waals surface area contributed by atoms with E-state index in [-0.39, 0.29) is 0 Å². The van der Waals surface area contributed by atoms with Crippen molar-refractivity contribution in [3.05, 3.63) is 46.7 Å². The van der Waals surface area contributed by atoms with E-state index in [1.54, 1.807) is 18.4 Å². The molecule has 1 aromatic carbocycles. The third kappa shape index (κ3) is 2.52. The minimum atomic E-state index is 0.626. The van der Waals surface area contributed by atoms with Crippen LogP contribution in [0, 0.1) is 0 Å². The third-order valence-corrected chi connectivity index (χ3v) is 3.88. The number of ether oxygens (including phenoxy) is 1. The predicted molar refractivity (Wildman–Crippen MR) is 78.4 cm³/mol. The minimum Gasteiger partial charge on any atom is -0.497 e. The number of benzene rings is 1. The van der Waals surface area contributed by atoms with Crippen LogP contribution >= 0.6 is 22.9 Å². The van der Waals surface area contributed by atoms with Gasteiger partial charge >= 0.3 is 0 Å². The molecule has 2 heterocycles. The lowest BCUT2D eigenvalue weighted by atomic mass is 10.3. The van der Waals surface area contributed by atoms with Gasteiger partial charge in [0.2, 0.25) is 0 Å². The highest BCUT2D eigenvalue weighted by Crippen LogP contribution is 2.27. The number of imidazole rings is 1. The van der Waals surface area contributed by atoms with Gasteiger partial charge in [0.15, 0.2) is 4.96 Å². The maximum Gasteiger partial charge on any atom is 0.193 e. The quantitative estimate of drug-likeness (QED) is 0.797. The van der Waals surface area contributed by atoms with Gasteiger partial charge in [0.25, 0.3) is 0 Å². The number of halogens is 1. The molecular weight excluding hydrogens is 282 g/mol. The van der Waals surface area contributed by atoms with E-state index >= 15 is 0 Å². The molecule has 0 atom stereocenters. The summed E-state index contributed by atoms with van der Waals surface area (Å²) >= 11 is 7.75. The fourth-order valence-electron chi connectivity index (χ4n) is 1.81. The van der Waals surface area contributed by atoms with Gasteiger partial charge in [-0.15, -0.1) is 11.3 Å². The first-order valence-corrected chi connectivity index (χ1v) is 7.00. The Morgan fingerprint density at radius 2 is 2.37 bits per heavy atom. The Labute approximate surface area is 119 Å². The average Bonchev–Trinajstić information content (AvgIpc) is 2.98. The van der Waals surface area contributed by atoms with E-state index in [0.29, 0.717) is 11.6 Å². The Kier molecular flexibility index (Phi) is 3.31. The number of methoxy groups -OCH3 is 1. The molecule has 0 spiro atoms. The van der Waals surface area contributed by atoms with Gasteiger partial charge in [-0.1, -0.05) is 11.6 Å². The normalized spacial score (nSPS) is 10.8. The van der Waals surface area contributed by atoms with E-state index in [0.717, 1.165) is 22.1 Å². The smallest absolute Gasteiger partial charge is 0.193 e. The lowest BCUT2D eigenvalue weighted by molar-refractivity contribution is 0.415. The lowest BCUT2D eigenvalue weighted by Crippen LogP contribution is -2.00. The first kappa shape index (κ1) is 12.3. The molecule has 4 nitrogen and oxygen atoms in total. The molecule has 2 aromatic heterocycles. The zero-order chi connectivity index (χ0) is 13.2. The van der Waals surface area contributed by atoms with Crippen molar-refractivity contribution in [1.29, 1.82) is 0 Å². The van der Waals surface area contributed by atoms with Gasteiger partial charge in [0.1, 0.15) is 5.75 Å². The van der Waals surface area contributed by atoms with Gasteiger partial charge < -0.3 is 10.1 Å². The summed E-state index contributed by atoms with van der Waals surface area (Å²) in [5.74, 6) is 0.776. The summed E-state index contributed by atoms with van der Waals surface area (Å²) in [4.78, 5) is 5.50. The molecule has 3 aromatic rings. The van der Waals surface area contributed by atoms with Crippen molar-refractivity contribution < 1.29 is 4.74 Å². The second kappa shape index (κ2) is 5.11. The van der Waals surface area contributed by atoms with Gasteiger partial charge in [0, 0.05) is 23.8 Å². The van der Waals surface area contributed by atoms with E-state index < -0.39 is 0 Å². The van der Waals surface area contributed by atoms with Crippen molar-refractivity contribution in [3.8, 4) is 5.75 Å². The highest BCUT2D eigenvalue weighted by molar-refractivity contribution is 7.15. The molecule has 0 unspecified atom stereocenters. The molecule has 19 heavy (non-hydrogen) atoms. The van der Waals surface area contributed by atoms with Crippen LogP contribution in [0.4, 0.5) is 5.69 Å². The highest BCUT2D eigenvalue weighted by Gasteiger charge is 2.05. The number of aromatic nitrogens is 2. The molecule has 0 aliphatic heterocycles. The number of thiazole rings is 1. The van der Waals surface area contributed by atoms with Gasteiger partial charge in [-0.25, -0.2) is 4.98 Å². The zero-order valence-electron chi connectivity index (χ0n) is 10.3. The minimum absolute atomic E-state index is 0.626. The van der Waals surface area contributed by atoms with Crippen LogP contribution < -0.4 is 10.1 Å². The molecule has 0 fully saturated rings. The van der Waals surface area contributed by atoms with E-state index in [1.807, 2.05) is 40.4 Å². The number of hydrogen-bond acceptors (Lipinski definition) is 4. The number of nitrogens with zero attached hydrogens (tertiary/aromatic N) is 2. The second-order valence-electron chi connectivity index (χ2n) is 4.02. The number of hydrogen-bond donors (Lipinski definition) is 1. The molecule has 0 aliphatic rings. The van der Waals surface area contributed by atoms with Crippen LogP contribution in [0.1, 0.15) is 5.69 Å². The van der Waals surface area contributed by atoms with E-state index in [4.69, 9.17) is 16.3 Å². The number of nitrogens with one attached hydrogen (secondary N) is 1. The van der Waals surface area contributed by atoms with Crippen molar-refractivity contribution in [2.24, 2.45) is 0 Å². The van der Waals surface area contributed by atoms with E-state index in [1.165, 1.54) is 0 Å². The lowest BCUT2D eigenvalue weighted by Gasteiger charge is -2.08. The van der Waals surface area contributed by atoms with E-state index in [2.05, 4.69) is 10.3 Å². The summed E-state index contributed by atoms with van der Waals surface area (Å²) in [5, 5.41) is 5.95. The van der Waals surface area contributed by atoms with Crippen molar-refractivity contribution in [2.75, 3.05) is 12.4 Å². The first-order chi connectivity index (χ1) is 9.26. The highest BCUT2D eigenvalue weighted by atomic mass is 35.5. The van der Waals surface area contributed by atoms with Gasteiger partial charge in [0.05, 0.1) is 30.1 Å². The molecule has 6 heteroatoms. The number of fused-ring (bicyclic) bond motifs is 1. The Hall–Kier alpha value is -1.72. The summed E-state index contributed by atoms with van der Waals surface area (Å²) in [6.07, 6.45) is 4.00. The summed E-state index contributed by atoms with van der Waals surface area (Å²) in [6.45, 7) is 0.626. The number of rotatable bonds is 4. The standard InChI is InChI=1S/C13H12ClN3OS/c1-18-10-2-3-11(14)12(6-10)15-7-9-8-17-4-5-19-13(17)16-9/h2-6,8,15H,7H2,1H3.